The number of carbonyl (C=O) groups is 1. The van der Waals surface area contributed by atoms with Crippen molar-refractivity contribution in [3.05, 3.63) is 28.8 Å². The third-order valence-corrected chi connectivity index (χ3v) is 7.42. The Morgan fingerprint density at radius 2 is 1.96 bits per heavy atom. The molecule has 3 aliphatic carbocycles. The van der Waals surface area contributed by atoms with Crippen LogP contribution in [0.2, 0.25) is 0 Å². The van der Waals surface area contributed by atoms with Gasteiger partial charge >= 0.3 is 10.3 Å². The second-order valence-corrected chi connectivity index (χ2v) is 9.45. The van der Waals surface area contributed by atoms with E-state index in [0.717, 1.165) is 36.8 Å². The zero-order chi connectivity index (χ0) is 19.6. The van der Waals surface area contributed by atoms with Gasteiger partial charge in [-0.05, 0) is 73.1 Å². The number of benzene rings is 1. The minimum atomic E-state index is -4.38. The third-order valence-electron chi connectivity index (χ3n) is 7.01. The largest absolute Gasteiger partial charge is 0.380 e. The highest BCUT2D eigenvalue weighted by Crippen LogP contribution is 2.60. The van der Waals surface area contributed by atoms with Crippen molar-refractivity contribution in [1.82, 2.24) is 0 Å². The van der Waals surface area contributed by atoms with Gasteiger partial charge in [0.15, 0.2) is 5.75 Å². The van der Waals surface area contributed by atoms with Crippen LogP contribution < -0.4 is 9.32 Å². The van der Waals surface area contributed by atoms with Crippen LogP contribution in [0.5, 0.6) is 5.75 Å². The van der Waals surface area contributed by atoms with Crippen molar-refractivity contribution in [2.45, 2.75) is 57.8 Å². The fourth-order valence-corrected chi connectivity index (χ4v) is 6.15. The van der Waals surface area contributed by atoms with Gasteiger partial charge in [-0.2, -0.15) is 13.6 Å². The Morgan fingerprint density at radius 3 is 2.63 bits per heavy atom. The van der Waals surface area contributed by atoms with E-state index in [0.29, 0.717) is 30.5 Å². The highest BCUT2D eigenvalue weighted by molar-refractivity contribution is 7.84. The van der Waals surface area contributed by atoms with Gasteiger partial charge in [0.1, 0.15) is 5.78 Å². The van der Waals surface area contributed by atoms with Crippen LogP contribution in [0, 0.1) is 17.3 Å². The summed E-state index contributed by atoms with van der Waals surface area (Å²) in [4.78, 5) is 12.4. The molecule has 0 radical (unpaired) electrons. The molecule has 5 nitrogen and oxygen atoms in total. The molecule has 0 spiro atoms. The molecule has 2 fully saturated rings. The first-order valence-corrected chi connectivity index (χ1v) is 10.8. The van der Waals surface area contributed by atoms with Gasteiger partial charge < -0.3 is 4.18 Å². The number of ketones is 1. The number of rotatable bonds is 3. The fraction of sp³-hybridized carbons (Fsp3) is 0.632. The molecule has 0 saturated heterocycles. The molecule has 3 aliphatic rings. The molecule has 3 unspecified atom stereocenters. The average Bonchev–Trinajstić information content (AvgIpc) is 2.87. The van der Waals surface area contributed by atoms with E-state index in [9.17, 15) is 22.0 Å². The Morgan fingerprint density at radius 1 is 1.22 bits per heavy atom. The molecule has 2 saturated carbocycles. The lowest BCUT2D eigenvalue weighted by atomic mass is 9.55. The Hall–Kier alpha value is -1.54. The summed E-state index contributed by atoms with van der Waals surface area (Å²) in [7, 11) is -4.38. The summed E-state index contributed by atoms with van der Waals surface area (Å²) < 4.78 is 54.2. The van der Waals surface area contributed by atoms with Crippen molar-refractivity contribution in [1.29, 1.82) is 0 Å². The van der Waals surface area contributed by atoms with Crippen LogP contribution in [-0.4, -0.2) is 14.2 Å². The van der Waals surface area contributed by atoms with Gasteiger partial charge in [-0.3, -0.25) is 4.79 Å². The van der Waals surface area contributed by atoms with Gasteiger partial charge in [-0.15, -0.1) is 0 Å². The van der Waals surface area contributed by atoms with Gasteiger partial charge in [-0.25, -0.2) is 8.78 Å². The minimum absolute atomic E-state index is 0.124. The SMILES string of the molecule is C[C@]12CCC3c4cc(C(F)F)c(OS(N)(=O)=O)cc4CCC3C1CCC2=O. The van der Waals surface area contributed by atoms with Gasteiger partial charge in [-0.1, -0.05) is 6.92 Å². The van der Waals surface area contributed by atoms with Crippen LogP contribution in [0.4, 0.5) is 8.78 Å². The Kier molecular flexibility index (Phi) is 4.34. The van der Waals surface area contributed by atoms with E-state index in [4.69, 9.17) is 5.14 Å². The number of fused-ring (bicyclic) bond motifs is 5. The summed E-state index contributed by atoms with van der Waals surface area (Å²) in [5, 5.41) is 4.88. The standard InChI is InChI=1S/C19H23F2NO4S/c1-19-7-6-11-12(15(19)4-5-17(19)23)3-2-10-8-16(26-27(22,24)25)14(18(20)21)9-13(10)11/h8-9,11-12,15,18H,2-7H2,1H3,(H2,22,24,25)/t11?,12?,15?,19-/m0/s1. The second kappa shape index (κ2) is 6.24. The number of halogens is 2. The molecule has 0 aromatic heterocycles. The maximum Gasteiger partial charge on any atom is 0.380 e. The molecule has 0 heterocycles. The van der Waals surface area contributed by atoms with Crippen LogP contribution >= 0.6 is 0 Å². The van der Waals surface area contributed by atoms with Crippen molar-refractivity contribution >= 4 is 16.1 Å². The first-order valence-electron chi connectivity index (χ1n) is 9.30. The smallest absolute Gasteiger partial charge is 0.371 e. The normalized spacial score (nSPS) is 32.8. The molecule has 0 bridgehead atoms. The van der Waals surface area contributed by atoms with E-state index < -0.39 is 22.3 Å². The Balaban J connectivity index is 1.74. The molecule has 1 aromatic rings. The summed E-state index contributed by atoms with van der Waals surface area (Å²) in [5.41, 5.74) is 0.970. The van der Waals surface area contributed by atoms with Gasteiger partial charge in [0.2, 0.25) is 0 Å². The molecule has 0 amide bonds. The zero-order valence-corrected chi connectivity index (χ0v) is 15.9. The van der Waals surface area contributed by atoms with Gasteiger partial charge in [0, 0.05) is 11.8 Å². The van der Waals surface area contributed by atoms with Crippen LogP contribution in [0.15, 0.2) is 12.1 Å². The highest BCUT2D eigenvalue weighted by Gasteiger charge is 2.54. The summed E-state index contributed by atoms with van der Waals surface area (Å²) in [6.45, 7) is 2.06. The monoisotopic (exact) mass is 399 g/mol. The number of nitrogens with two attached hydrogens (primary N) is 1. The quantitative estimate of drug-likeness (QED) is 0.841. The molecule has 1 aromatic carbocycles. The maximum absolute atomic E-state index is 13.6. The second-order valence-electron chi connectivity index (χ2n) is 8.30. The summed E-state index contributed by atoms with van der Waals surface area (Å²) in [6.07, 6.45) is 1.70. The molecule has 4 atom stereocenters. The summed E-state index contributed by atoms with van der Waals surface area (Å²) in [6, 6.07) is 2.81. The molecule has 4 rings (SSSR count). The fourth-order valence-electron chi connectivity index (χ4n) is 5.76. The van der Waals surface area contributed by atoms with Crippen molar-refractivity contribution in [2.75, 3.05) is 0 Å². The van der Waals surface area contributed by atoms with Crippen molar-refractivity contribution in [3.8, 4) is 5.75 Å². The molecule has 148 valence electrons. The van der Waals surface area contributed by atoms with E-state index in [-0.39, 0.29) is 17.1 Å². The van der Waals surface area contributed by atoms with Crippen LogP contribution in [0.25, 0.3) is 0 Å². The topological polar surface area (TPSA) is 86.5 Å². The molecular weight excluding hydrogens is 376 g/mol. The van der Waals surface area contributed by atoms with Crippen molar-refractivity contribution in [3.63, 3.8) is 0 Å². The maximum atomic E-state index is 13.6. The number of aryl methyl sites for hydroxylation is 1. The van der Waals surface area contributed by atoms with E-state index in [1.807, 2.05) is 0 Å². The third kappa shape index (κ3) is 3.06. The predicted octanol–water partition coefficient (Wildman–Crippen LogP) is 3.63. The highest BCUT2D eigenvalue weighted by atomic mass is 32.2. The summed E-state index contributed by atoms with van der Waals surface area (Å²) in [5.74, 6) is 0.674. The molecule has 8 heteroatoms. The van der Waals surface area contributed by atoms with Crippen molar-refractivity contribution in [2.24, 2.45) is 22.4 Å². The lowest BCUT2D eigenvalue weighted by Crippen LogP contribution is -2.42. The lowest BCUT2D eigenvalue weighted by Gasteiger charge is -2.48. The number of carbonyl (C=O) groups excluding carboxylic acids is 1. The number of hydrogen-bond acceptors (Lipinski definition) is 4. The van der Waals surface area contributed by atoms with E-state index >= 15 is 0 Å². The van der Waals surface area contributed by atoms with E-state index in [1.54, 1.807) is 0 Å². The number of hydrogen-bond donors (Lipinski definition) is 1. The number of Topliss-reactive ketones (excluding diaryl/α,β-unsaturated/α-hetero) is 1. The summed E-state index contributed by atoms with van der Waals surface area (Å²) >= 11 is 0. The first kappa shape index (κ1) is 18.8. The lowest BCUT2D eigenvalue weighted by molar-refractivity contribution is -0.129. The molecule has 27 heavy (non-hydrogen) atoms. The van der Waals surface area contributed by atoms with Crippen LogP contribution in [-0.2, 0) is 21.5 Å². The Bertz CT molecular complexity index is 901. The first-order chi connectivity index (χ1) is 12.6. The van der Waals surface area contributed by atoms with Crippen LogP contribution in [0.3, 0.4) is 0 Å². The molecule has 0 aliphatic heterocycles. The predicted molar refractivity (Wildman–Crippen MR) is 94.8 cm³/mol. The van der Waals surface area contributed by atoms with Gasteiger partial charge in [0.05, 0.1) is 5.56 Å². The van der Waals surface area contributed by atoms with E-state index in [2.05, 4.69) is 11.1 Å². The molecule has 2 N–H and O–H groups in total. The number of alkyl halides is 2. The zero-order valence-electron chi connectivity index (χ0n) is 15.1. The van der Waals surface area contributed by atoms with Crippen molar-refractivity contribution < 1.29 is 26.2 Å². The average molecular weight is 399 g/mol. The van der Waals surface area contributed by atoms with Gasteiger partial charge in [0.25, 0.3) is 6.43 Å². The van der Waals surface area contributed by atoms with Crippen LogP contribution in [0.1, 0.15) is 68.1 Å². The molecular formula is C19H23F2NO4S. The Labute approximate surface area is 157 Å². The van der Waals surface area contributed by atoms with E-state index in [1.165, 1.54) is 12.1 Å². The minimum Gasteiger partial charge on any atom is -0.371 e.